The highest BCUT2D eigenvalue weighted by Crippen LogP contribution is 2.19. The van der Waals surface area contributed by atoms with E-state index in [9.17, 15) is 13.2 Å². The van der Waals surface area contributed by atoms with Crippen molar-refractivity contribution in [1.82, 2.24) is 4.31 Å². The molecule has 0 spiro atoms. The molecule has 146 valence electrons. The average Bonchev–Trinajstić information content (AvgIpc) is 2.63. The zero-order chi connectivity index (χ0) is 20.0. The molecule has 1 atom stereocenters. The van der Waals surface area contributed by atoms with E-state index in [1.165, 1.54) is 16.4 Å². The van der Waals surface area contributed by atoms with E-state index >= 15 is 0 Å². The number of nitrogens with zero attached hydrogens (tertiary/aromatic N) is 1. The second-order valence-corrected chi connectivity index (χ2v) is 8.12. The number of ether oxygens (including phenoxy) is 1. The van der Waals surface area contributed by atoms with Crippen LogP contribution in [-0.2, 0) is 14.8 Å². The second kappa shape index (κ2) is 9.01. The Labute approximate surface area is 161 Å². The number of aryl methyl sites for hydroxylation is 1. The molecule has 0 bridgehead atoms. The summed E-state index contributed by atoms with van der Waals surface area (Å²) in [6, 6.07) is 13.6. The van der Waals surface area contributed by atoms with E-state index in [2.05, 4.69) is 5.32 Å². The fourth-order valence-corrected chi connectivity index (χ4v) is 4.07. The standard InChI is InChI=1S/C20H26N2O4S/c1-5-22(6-2)27(24,25)19-12-10-17(11-13-19)21-20(23)16(4)26-18-9-7-8-15(3)14-18/h7-14,16H,5-6H2,1-4H3,(H,21,23)/t16-/m0/s1. The van der Waals surface area contributed by atoms with Crippen LogP contribution in [0.3, 0.4) is 0 Å². The summed E-state index contributed by atoms with van der Waals surface area (Å²) < 4.78 is 32.0. The van der Waals surface area contributed by atoms with Crippen molar-refractivity contribution in [1.29, 1.82) is 0 Å². The number of hydrogen-bond acceptors (Lipinski definition) is 4. The van der Waals surface area contributed by atoms with Gasteiger partial charge in [0.25, 0.3) is 5.91 Å². The maximum absolute atomic E-state index is 12.5. The average molecular weight is 391 g/mol. The molecule has 0 unspecified atom stereocenters. The molecule has 0 heterocycles. The van der Waals surface area contributed by atoms with Crippen LogP contribution in [0.15, 0.2) is 53.4 Å². The molecule has 7 heteroatoms. The van der Waals surface area contributed by atoms with Gasteiger partial charge in [-0.05, 0) is 55.8 Å². The van der Waals surface area contributed by atoms with Crippen molar-refractivity contribution >= 4 is 21.6 Å². The van der Waals surface area contributed by atoms with Gasteiger partial charge >= 0.3 is 0 Å². The summed E-state index contributed by atoms with van der Waals surface area (Å²) in [4.78, 5) is 12.5. The largest absolute Gasteiger partial charge is 0.481 e. The molecule has 0 saturated carbocycles. The predicted octanol–water partition coefficient (Wildman–Crippen LogP) is 3.43. The maximum Gasteiger partial charge on any atom is 0.265 e. The number of amides is 1. The number of sulfonamides is 1. The van der Waals surface area contributed by atoms with Gasteiger partial charge in [0, 0.05) is 18.8 Å². The van der Waals surface area contributed by atoms with Crippen molar-refractivity contribution in [2.24, 2.45) is 0 Å². The van der Waals surface area contributed by atoms with Crippen molar-refractivity contribution in [2.75, 3.05) is 18.4 Å². The van der Waals surface area contributed by atoms with Gasteiger partial charge in [0.15, 0.2) is 6.10 Å². The summed E-state index contributed by atoms with van der Waals surface area (Å²) in [6.07, 6.45) is -0.689. The van der Waals surface area contributed by atoms with Gasteiger partial charge in [-0.25, -0.2) is 8.42 Å². The fraction of sp³-hybridized carbons (Fsp3) is 0.350. The summed E-state index contributed by atoms with van der Waals surface area (Å²) in [5.41, 5.74) is 1.56. The summed E-state index contributed by atoms with van der Waals surface area (Å²) in [6.45, 7) is 8.02. The molecule has 0 saturated heterocycles. The lowest BCUT2D eigenvalue weighted by atomic mass is 10.2. The molecular weight excluding hydrogens is 364 g/mol. The van der Waals surface area contributed by atoms with E-state index in [4.69, 9.17) is 4.74 Å². The lowest BCUT2D eigenvalue weighted by Crippen LogP contribution is -2.31. The Morgan fingerprint density at radius 3 is 2.30 bits per heavy atom. The SMILES string of the molecule is CCN(CC)S(=O)(=O)c1ccc(NC(=O)[C@H](C)Oc2cccc(C)c2)cc1. The zero-order valence-electron chi connectivity index (χ0n) is 16.1. The first-order chi connectivity index (χ1) is 12.8. The lowest BCUT2D eigenvalue weighted by molar-refractivity contribution is -0.122. The molecule has 0 aliphatic rings. The van der Waals surface area contributed by atoms with Crippen LogP contribution >= 0.6 is 0 Å². The summed E-state index contributed by atoms with van der Waals surface area (Å²) in [5, 5.41) is 2.74. The van der Waals surface area contributed by atoms with Gasteiger partial charge in [0.2, 0.25) is 10.0 Å². The summed E-state index contributed by atoms with van der Waals surface area (Å²) in [7, 11) is -3.51. The molecule has 0 fully saturated rings. The van der Waals surface area contributed by atoms with Crippen LogP contribution < -0.4 is 10.1 Å². The third-order valence-corrected chi connectivity index (χ3v) is 6.20. The maximum atomic E-state index is 12.5. The molecule has 0 aliphatic heterocycles. The highest BCUT2D eigenvalue weighted by molar-refractivity contribution is 7.89. The number of carbonyl (C=O) groups excluding carboxylic acids is 1. The van der Waals surface area contributed by atoms with Gasteiger partial charge in [-0.1, -0.05) is 26.0 Å². The van der Waals surface area contributed by atoms with Crippen molar-refractivity contribution in [3.05, 3.63) is 54.1 Å². The van der Waals surface area contributed by atoms with Crippen LogP contribution in [0.2, 0.25) is 0 Å². The van der Waals surface area contributed by atoms with Crippen molar-refractivity contribution in [2.45, 2.75) is 38.7 Å². The molecule has 27 heavy (non-hydrogen) atoms. The number of carbonyl (C=O) groups is 1. The van der Waals surface area contributed by atoms with Crippen LogP contribution in [0.5, 0.6) is 5.75 Å². The highest BCUT2D eigenvalue weighted by atomic mass is 32.2. The van der Waals surface area contributed by atoms with Crippen LogP contribution in [-0.4, -0.2) is 37.8 Å². The minimum Gasteiger partial charge on any atom is -0.481 e. The van der Waals surface area contributed by atoms with Gasteiger partial charge in [-0.15, -0.1) is 0 Å². The van der Waals surface area contributed by atoms with Gasteiger partial charge in [0.05, 0.1) is 4.90 Å². The van der Waals surface area contributed by atoms with Crippen LogP contribution in [0, 0.1) is 6.92 Å². The Morgan fingerprint density at radius 2 is 1.74 bits per heavy atom. The van der Waals surface area contributed by atoms with E-state index in [0.717, 1.165) is 5.56 Å². The Bertz CT molecular complexity index is 875. The molecule has 0 aromatic heterocycles. The molecule has 6 nitrogen and oxygen atoms in total. The van der Waals surface area contributed by atoms with E-state index in [0.29, 0.717) is 24.5 Å². The third kappa shape index (κ3) is 5.30. The van der Waals surface area contributed by atoms with Crippen molar-refractivity contribution < 1.29 is 17.9 Å². The number of nitrogens with one attached hydrogen (secondary N) is 1. The van der Waals surface area contributed by atoms with Crippen molar-refractivity contribution in [3.8, 4) is 5.75 Å². The summed E-state index contributed by atoms with van der Waals surface area (Å²) in [5.74, 6) is 0.314. The van der Waals surface area contributed by atoms with E-state index < -0.39 is 16.1 Å². The molecule has 2 rings (SSSR count). The normalized spacial score (nSPS) is 12.6. The van der Waals surface area contributed by atoms with Crippen LogP contribution in [0.25, 0.3) is 0 Å². The van der Waals surface area contributed by atoms with Gasteiger partial charge in [-0.2, -0.15) is 4.31 Å². The molecular formula is C20H26N2O4S. The van der Waals surface area contributed by atoms with Gasteiger partial charge < -0.3 is 10.1 Å². The number of benzene rings is 2. The quantitative estimate of drug-likeness (QED) is 0.749. The van der Waals surface area contributed by atoms with E-state index in [-0.39, 0.29) is 10.8 Å². The van der Waals surface area contributed by atoms with Crippen molar-refractivity contribution in [3.63, 3.8) is 0 Å². The Morgan fingerprint density at radius 1 is 1.11 bits per heavy atom. The van der Waals surface area contributed by atoms with E-state index in [1.807, 2.05) is 25.1 Å². The minimum absolute atomic E-state index is 0.202. The highest BCUT2D eigenvalue weighted by Gasteiger charge is 2.21. The number of hydrogen-bond donors (Lipinski definition) is 1. The third-order valence-electron chi connectivity index (χ3n) is 4.14. The van der Waals surface area contributed by atoms with Crippen LogP contribution in [0.1, 0.15) is 26.3 Å². The monoisotopic (exact) mass is 390 g/mol. The number of rotatable bonds is 8. The van der Waals surface area contributed by atoms with E-state index in [1.54, 1.807) is 39.0 Å². The molecule has 0 aliphatic carbocycles. The molecule has 0 radical (unpaired) electrons. The summed E-state index contributed by atoms with van der Waals surface area (Å²) >= 11 is 0. The first-order valence-corrected chi connectivity index (χ1v) is 10.4. The Balaban J connectivity index is 2.04. The first-order valence-electron chi connectivity index (χ1n) is 8.92. The molecule has 1 amide bonds. The lowest BCUT2D eigenvalue weighted by Gasteiger charge is -2.19. The van der Waals surface area contributed by atoms with Gasteiger partial charge in [-0.3, -0.25) is 4.79 Å². The Kier molecular flexibility index (Phi) is 6.98. The van der Waals surface area contributed by atoms with Gasteiger partial charge in [0.1, 0.15) is 5.75 Å². The first kappa shape index (κ1) is 20.9. The zero-order valence-corrected chi connectivity index (χ0v) is 16.9. The fourth-order valence-electron chi connectivity index (χ4n) is 2.61. The predicted molar refractivity (Wildman–Crippen MR) is 106 cm³/mol. The van der Waals surface area contributed by atoms with Crippen LogP contribution in [0.4, 0.5) is 5.69 Å². The topological polar surface area (TPSA) is 75.7 Å². The Hall–Kier alpha value is -2.38. The smallest absolute Gasteiger partial charge is 0.265 e. The minimum atomic E-state index is -3.51. The molecule has 2 aromatic carbocycles. The molecule has 2 aromatic rings. The number of anilines is 1. The molecule has 1 N–H and O–H groups in total. The second-order valence-electron chi connectivity index (χ2n) is 6.18.